The Hall–Kier alpha value is -2.13. The molecule has 0 radical (unpaired) electrons. The molecule has 164 valence electrons. The van der Waals surface area contributed by atoms with Gasteiger partial charge in [0.15, 0.2) is 18.9 Å². The molecule has 0 aliphatic heterocycles. The molecule has 30 heavy (non-hydrogen) atoms. The zero-order valence-corrected chi connectivity index (χ0v) is 20.0. The minimum atomic E-state index is 1.02. The summed E-state index contributed by atoms with van der Waals surface area (Å²) in [7, 11) is 6.75. The van der Waals surface area contributed by atoms with Crippen molar-refractivity contribution >= 4 is 17.8 Å². The van der Waals surface area contributed by atoms with E-state index in [1.807, 2.05) is 0 Å². The normalized spacial score (nSPS) is 11.9. The molecule has 1 aromatic heterocycles. The van der Waals surface area contributed by atoms with E-state index in [4.69, 9.17) is 0 Å². The molecule has 2 rings (SSSR count). The Labute approximate surface area is 185 Å². The van der Waals surface area contributed by atoms with Crippen molar-refractivity contribution in [2.24, 2.45) is 0 Å². The molecule has 3 heteroatoms. The zero-order chi connectivity index (χ0) is 21.8. The second kappa shape index (κ2) is 12.5. The van der Waals surface area contributed by atoms with Crippen LogP contribution in [-0.2, 0) is 6.54 Å². The third-order valence-corrected chi connectivity index (χ3v) is 5.45. The van der Waals surface area contributed by atoms with Gasteiger partial charge in [0, 0.05) is 30.9 Å². The van der Waals surface area contributed by atoms with Crippen LogP contribution in [0.15, 0.2) is 48.8 Å². The van der Waals surface area contributed by atoms with Gasteiger partial charge in [0.25, 0.3) is 0 Å². The van der Waals surface area contributed by atoms with Crippen LogP contribution >= 0.6 is 0 Å². The highest BCUT2D eigenvalue weighted by atomic mass is 15.3. The number of anilines is 1. The number of pyridine rings is 1. The quantitative estimate of drug-likeness (QED) is 0.306. The standard InChI is InChI=1S/C27H43N3/c1-6-8-20-29(21-9-7-2)27-15-13-25(14-16-27)11-12-26-17-22-28(23-18-26)19-10-24-30(3,4)5/h11-18,22-23H,6-10,19-21,24H2,1-5H3/q+2. The maximum Gasteiger partial charge on any atom is 0.169 e. The van der Waals surface area contributed by atoms with Gasteiger partial charge in [0.05, 0.1) is 34.1 Å². The third-order valence-electron chi connectivity index (χ3n) is 5.45. The van der Waals surface area contributed by atoms with Gasteiger partial charge in [-0.3, -0.25) is 0 Å². The van der Waals surface area contributed by atoms with Crippen molar-refractivity contribution in [2.75, 3.05) is 45.7 Å². The van der Waals surface area contributed by atoms with Crippen LogP contribution in [0.2, 0.25) is 0 Å². The van der Waals surface area contributed by atoms with E-state index in [1.165, 1.54) is 55.5 Å². The van der Waals surface area contributed by atoms with Crippen molar-refractivity contribution in [3.8, 4) is 0 Å². The Morgan fingerprint density at radius 1 is 0.767 bits per heavy atom. The molecular formula is C27H43N3+2. The van der Waals surface area contributed by atoms with Crippen LogP contribution in [0, 0.1) is 0 Å². The molecule has 0 amide bonds. The number of rotatable bonds is 13. The van der Waals surface area contributed by atoms with Crippen molar-refractivity contribution in [1.29, 1.82) is 0 Å². The van der Waals surface area contributed by atoms with Crippen molar-refractivity contribution in [3.05, 3.63) is 59.9 Å². The Bertz CT molecular complexity index is 731. The summed E-state index contributed by atoms with van der Waals surface area (Å²) in [5, 5.41) is 0. The highest BCUT2D eigenvalue weighted by Crippen LogP contribution is 2.18. The van der Waals surface area contributed by atoms with Crippen molar-refractivity contribution in [2.45, 2.75) is 52.5 Å². The van der Waals surface area contributed by atoms with Crippen LogP contribution in [0.1, 0.15) is 57.1 Å². The average Bonchev–Trinajstić information content (AvgIpc) is 2.73. The molecule has 0 fully saturated rings. The van der Waals surface area contributed by atoms with E-state index in [0.717, 1.165) is 24.1 Å². The lowest BCUT2D eigenvalue weighted by atomic mass is 10.1. The number of benzene rings is 1. The van der Waals surface area contributed by atoms with Gasteiger partial charge in [0.2, 0.25) is 0 Å². The van der Waals surface area contributed by atoms with E-state index in [1.54, 1.807) is 0 Å². The van der Waals surface area contributed by atoms with Crippen LogP contribution < -0.4 is 9.47 Å². The molecule has 0 N–H and O–H groups in total. The van der Waals surface area contributed by atoms with Crippen LogP contribution in [0.5, 0.6) is 0 Å². The Kier molecular flexibility index (Phi) is 10.1. The van der Waals surface area contributed by atoms with Gasteiger partial charge >= 0.3 is 0 Å². The number of nitrogens with zero attached hydrogens (tertiary/aromatic N) is 3. The van der Waals surface area contributed by atoms with Crippen LogP contribution in [0.4, 0.5) is 5.69 Å². The first-order valence-corrected chi connectivity index (χ1v) is 11.7. The average molecular weight is 410 g/mol. The first-order valence-electron chi connectivity index (χ1n) is 11.7. The molecular weight excluding hydrogens is 366 g/mol. The number of hydrogen-bond donors (Lipinski definition) is 0. The highest BCUT2D eigenvalue weighted by Gasteiger charge is 2.09. The molecule has 0 saturated heterocycles. The van der Waals surface area contributed by atoms with Gasteiger partial charge in [-0.25, -0.2) is 4.57 Å². The molecule has 0 saturated carbocycles. The minimum Gasteiger partial charge on any atom is -0.372 e. The lowest BCUT2D eigenvalue weighted by Crippen LogP contribution is -2.39. The second-order valence-electron chi connectivity index (χ2n) is 9.36. The molecule has 0 spiro atoms. The lowest BCUT2D eigenvalue weighted by molar-refractivity contribution is -0.873. The zero-order valence-electron chi connectivity index (χ0n) is 20.0. The number of aromatic nitrogens is 1. The van der Waals surface area contributed by atoms with Crippen LogP contribution in [0.25, 0.3) is 12.2 Å². The van der Waals surface area contributed by atoms with Gasteiger partial charge in [-0.1, -0.05) is 51.0 Å². The summed E-state index contributed by atoms with van der Waals surface area (Å²) < 4.78 is 3.30. The van der Waals surface area contributed by atoms with Gasteiger partial charge in [0.1, 0.15) is 0 Å². The fourth-order valence-electron chi connectivity index (χ4n) is 3.51. The molecule has 3 nitrogen and oxygen atoms in total. The highest BCUT2D eigenvalue weighted by molar-refractivity contribution is 5.70. The van der Waals surface area contributed by atoms with E-state index in [0.29, 0.717) is 0 Å². The number of unbranched alkanes of at least 4 members (excludes halogenated alkanes) is 2. The molecule has 0 bridgehead atoms. The van der Waals surface area contributed by atoms with E-state index in [9.17, 15) is 0 Å². The topological polar surface area (TPSA) is 7.12 Å². The summed E-state index contributed by atoms with van der Waals surface area (Å²) in [6.45, 7) is 9.12. The summed E-state index contributed by atoms with van der Waals surface area (Å²) in [5.74, 6) is 0. The summed E-state index contributed by atoms with van der Waals surface area (Å²) in [4.78, 5) is 2.54. The summed E-state index contributed by atoms with van der Waals surface area (Å²) in [6, 6.07) is 13.4. The summed E-state index contributed by atoms with van der Waals surface area (Å²) in [6.07, 6.45) is 15.0. The fourth-order valence-corrected chi connectivity index (χ4v) is 3.51. The second-order valence-corrected chi connectivity index (χ2v) is 9.36. The van der Waals surface area contributed by atoms with Crippen molar-refractivity contribution < 1.29 is 9.05 Å². The van der Waals surface area contributed by atoms with Crippen LogP contribution in [-0.4, -0.2) is 45.3 Å². The Balaban J connectivity index is 1.92. The predicted molar refractivity (Wildman–Crippen MR) is 132 cm³/mol. The molecule has 2 aromatic rings. The molecule has 1 aromatic carbocycles. The number of aryl methyl sites for hydroxylation is 1. The molecule has 0 aliphatic carbocycles. The number of hydrogen-bond acceptors (Lipinski definition) is 1. The number of quaternary nitrogens is 1. The maximum absolute atomic E-state index is 2.54. The van der Waals surface area contributed by atoms with Gasteiger partial charge in [-0.2, -0.15) is 0 Å². The monoisotopic (exact) mass is 409 g/mol. The van der Waals surface area contributed by atoms with Crippen molar-refractivity contribution in [1.82, 2.24) is 0 Å². The van der Waals surface area contributed by atoms with Gasteiger partial charge in [-0.15, -0.1) is 0 Å². The van der Waals surface area contributed by atoms with Crippen molar-refractivity contribution in [3.63, 3.8) is 0 Å². The largest absolute Gasteiger partial charge is 0.372 e. The molecule has 0 atom stereocenters. The minimum absolute atomic E-state index is 1.02. The van der Waals surface area contributed by atoms with E-state index in [2.05, 4.69) is 105 Å². The first-order chi connectivity index (χ1) is 14.4. The smallest absolute Gasteiger partial charge is 0.169 e. The molecule has 0 aliphatic rings. The Morgan fingerprint density at radius 2 is 1.30 bits per heavy atom. The van der Waals surface area contributed by atoms with E-state index < -0.39 is 0 Å². The third kappa shape index (κ3) is 9.13. The van der Waals surface area contributed by atoms with Gasteiger partial charge < -0.3 is 9.38 Å². The van der Waals surface area contributed by atoms with Crippen LogP contribution in [0.3, 0.4) is 0 Å². The van der Waals surface area contributed by atoms with E-state index >= 15 is 0 Å². The summed E-state index contributed by atoms with van der Waals surface area (Å²) in [5.41, 5.74) is 3.85. The molecule has 1 heterocycles. The van der Waals surface area contributed by atoms with E-state index in [-0.39, 0.29) is 0 Å². The lowest BCUT2D eigenvalue weighted by Gasteiger charge is -2.24. The molecule has 0 unspecified atom stereocenters. The predicted octanol–water partition coefficient (Wildman–Crippen LogP) is 5.65. The fraction of sp³-hybridized carbons (Fsp3) is 0.519. The van der Waals surface area contributed by atoms with Gasteiger partial charge in [-0.05, 0) is 36.1 Å². The summed E-state index contributed by atoms with van der Waals surface area (Å²) >= 11 is 0. The Morgan fingerprint density at radius 3 is 1.80 bits per heavy atom. The maximum atomic E-state index is 2.54. The SMILES string of the molecule is CCCCN(CCCC)c1ccc(/C=C/c2cc[n+](CCC[N+](C)(C)C)cc2)cc1. The first kappa shape index (κ1) is 24.1.